The summed E-state index contributed by atoms with van der Waals surface area (Å²) < 4.78 is 13.0. The predicted octanol–water partition coefficient (Wildman–Crippen LogP) is 2.85. The molecule has 1 saturated carbocycles. The minimum absolute atomic E-state index is 0.203. The normalized spacial score (nSPS) is 25.6. The minimum Gasteiger partial charge on any atom is -0.334 e. The van der Waals surface area contributed by atoms with E-state index >= 15 is 0 Å². The molecule has 2 fully saturated rings. The number of carbonyl (C=O) groups is 1. The van der Waals surface area contributed by atoms with Gasteiger partial charge >= 0.3 is 0 Å². The van der Waals surface area contributed by atoms with E-state index in [1.165, 1.54) is 12.1 Å². The van der Waals surface area contributed by atoms with Gasteiger partial charge in [-0.3, -0.25) is 4.79 Å². The molecule has 0 spiro atoms. The Morgan fingerprint density at radius 2 is 2.05 bits per heavy atom. The van der Waals surface area contributed by atoms with Crippen molar-refractivity contribution in [2.45, 2.75) is 57.2 Å². The molecule has 1 unspecified atom stereocenters. The zero-order valence-corrected chi connectivity index (χ0v) is 12.6. The van der Waals surface area contributed by atoms with E-state index in [4.69, 9.17) is 0 Å². The van der Waals surface area contributed by atoms with Gasteiger partial charge in [0.1, 0.15) is 5.82 Å². The molecule has 21 heavy (non-hydrogen) atoms. The summed E-state index contributed by atoms with van der Waals surface area (Å²) in [7, 11) is 0. The number of amides is 1. The van der Waals surface area contributed by atoms with E-state index in [0.717, 1.165) is 44.2 Å². The van der Waals surface area contributed by atoms with Crippen LogP contribution in [0.1, 0.15) is 44.6 Å². The third-order valence-electron chi connectivity index (χ3n) is 4.61. The fourth-order valence-electron chi connectivity index (χ4n) is 3.10. The zero-order chi connectivity index (χ0) is 14.9. The maximum absolute atomic E-state index is 13.0. The Balaban J connectivity index is 1.74. The van der Waals surface area contributed by atoms with E-state index in [-0.39, 0.29) is 11.7 Å². The van der Waals surface area contributed by atoms with Crippen molar-refractivity contribution >= 4 is 5.91 Å². The van der Waals surface area contributed by atoms with Gasteiger partial charge < -0.3 is 10.2 Å². The summed E-state index contributed by atoms with van der Waals surface area (Å²) in [5.41, 5.74) is 0.567. The summed E-state index contributed by atoms with van der Waals surface area (Å²) >= 11 is 0. The smallest absolute Gasteiger partial charge is 0.243 e. The van der Waals surface area contributed by atoms with Crippen molar-refractivity contribution < 1.29 is 9.18 Å². The van der Waals surface area contributed by atoms with Crippen LogP contribution >= 0.6 is 0 Å². The number of piperidine rings is 1. The number of nitrogens with zero attached hydrogens (tertiary/aromatic N) is 1. The average Bonchev–Trinajstić information content (AvgIpc) is 3.31. The van der Waals surface area contributed by atoms with E-state index in [2.05, 4.69) is 5.32 Å². The first-order valence-electron chi connectivity index (χ1n) is 7.89. The lowest BCUT2D eigenvalue weighted by Crippen LogP contribution is -2.58. The van der Waals surface area contributed by atoms with Gasteiger partial charge in [0.15, 0.2) is 0 Å². The van der Waals surface area contributed by atoms with Crippen molar-refractivity contribution in [3.05, 3.63) is 35.6 Å². The highest BCUT2D eigenvalue weighted by Gasteiger charge is 2.42. The Morgan fingerprint density at radius 3 is 2.62 bits per heavy atom. The molecule has 0 bridgehead atoms. The van der Waals surface area contributed by atoms with E-state index in [1.54, 1.807) is 12.1 Å². The quantitative estimate of drug-likeness (QED) is 0.925. The molecule has 1 aliphatic heterocycles. The summed E-state index contributed by atoms with van der Waals surface area (Å²) in [5, 5.41) is 3.40. The van der Waals surface area contributed by atoms with Crippen molar-refractivity contribution in [3.8, 4) is 0 Å². The Hall–Kier alpha value is -1.42. The molecule has 1 aromatic rings. The molecule has 3 nitrogen and oxygen atoms in total. The van der Waals surface area contributed by atoms with Crippen LogP contribution in [0.4, 0.5) is 4.39 Å². The van der Waals surface area contributed by atoms with Crippen molar-refractivity contribution in [1.29, 1.82) is 0 Å². The molecule has 1 N–H and O–H groups in total. The van der Waals surface area contributed by atoms with Gasteiger partial charge in [0.2, 0.25) is 5.91 Å². The van der Waals surface area contributed by atoms with E-state index in [1.807, 2.05) is 11.8 Å². The van der Waals surface area contributed by atoms with Crippen molar-refractivity contribution in [1.82, 2.24) is 10.2 Å². The van der Waals surface area contributed by atoms with Crippen LogP contribution in [-0.2, 0) is 11.3 Å². The van der Waals surface area contributed by atoms with Gasteiger partial charge in [-0.2, -0.15) is 0 Å². The van der Waals surface area contributed by atoms with Crippen LogP contribution in [0.2, 0.25) is 0 Å². The van der Waals surface area contributed by atoms with Gasteiger partial charge in [-0.05, 0) is 63.3 Å². The van der Waals surface area contributed by atoms with Gasteiger partial charge in [0, 0.05) is 12.6 Å². The third kappa shape index (κ3) is 3.26. The van der Waals surface area contributed by atoms with Gasteiger partial charge in [0.25, 0.3) is 0 Å². The van der Waals surface area contributed by atoms with Gasteiger partial charge in [-0.1, -0.05) is 12.1 Å². The van der Waals surface area contributed by atoms with Crippen LogP contribution in [0.3, 0.4) is 0 Å². The topological polar surface area (TPSA) is 32.3 Å². The Labute approximate surface area is 125 Å². The van der Waals surface area contributed by atoms with Crippen LogP contribution in [0.15, 0.2) is 24.3 Å². The molecule has 0 radical (unpaired) electrons. The summed E-state index contributed by atoms with van der Waals surface area (Å²) in [6.45, 7) is 3.52. The molecule has 1 heterocycles. The molecule has 1 aromatic carbocycles. The van der Waals surface area contributed by atoms with Gasteiger partial charge in [-0.15, -0.1) is 0 Å². The van der Waals surface area contributed by atoms with Crippen LogP contribution < -0.4 is 5.32 Å². The van der Waals surface area contributed by atoms with Crippen molar-refractivity contribution in [2.24, 2.45) is 0 Å². The predicted molar refractivity (Wildman–Crippen MR) is 80.2 cm³/mol. The molecule has 1 amide bonds. The first kappa shape index (κ1) is 14.5. The fraction of sp³-hybridized carbons (Fsp3) is 0.588. The monoisotopic (exact) mass is 290 g/mol. The second-order valence-electron chi connectivity index (χ2n) is 6.51. The third-order valence-corrected chi connectivity index (χ3v) is 4.61. The number of nitrogens with one attached hydrogen (secondary N) is 1. The molecule has 1 aliphatic carbocycles. The summed E-state index contributed by atoms with van der Waals surface area (Å²) in [6, 6.07) is 6.84. The largest absolute Gasteiger partial charge is 0.334 e. The highest BCUT2D eigenvalue weighted by Crippen LogP contribution is 2.32. The standard InChI is InChI=1S/C17H23FN2O/c1-17(10-2-3-11-19-17)16(21)20(15-8-9-15)12-13-4-6-14(18)7-5-13/h4-7,15,19H,2-3,8-12H2,1H3. The number of hydrogen-bond donors (Lipinski definition) is 1. The van der Waals surface area contributed by atoms with Crippen molar-refractivity contribution in [3.63, 3.8) is 0 Å². The minimum atomic E-state index is -0.430. The molecule has 0 aromatic heterocycles. The maximum atomic E-state index is 13.0. The highest BCUT2D eigenvalue weighted by molar-refractivity contribution is 5.86. The second-order valence-corrected chi connectivity index (χ2v) is 6.51. The first-order chi connectivity index (χ1) is 10.1. The van der Waals surface area contributed by atoms with Crippen LogP contribution in [-0.4, -0.2) is 28.9 Å². The summed E-state index contributed by atoms with van der Waals surface area (Å²) in [4.78, 5) is 15.0. The first-order valence-corrected chi connectivity index (χ1v) is 7.89. The van der Waals surface area contributed by atoms with E-state index in [0.29, 0.717) is 12.6 Å². The van der Waals surface area contributed by atoms with Crippen LogP contribution in [0.5, 0.6) is 0 Å². The lowest BCUT2D eigenvalue weighted by molar-refractivity contribution is -0.140. The number of rotatable bonds is 4. The SMILES string of the molecule is CC1(C(=O)N(Cc2ccc(F)cc2)C2CC2)CCCCN1. The average molecular weight is 290 g/mol. The number of halogens is 1. The van der Waals surface area contributed by atoms with E-state index < -0.39 is 5.54 Å². The highest BCUT2D eigenvalue weighted by atomic mass is 19.1. The molecule has 1 saturated heterocycles. The molecule has 4 heteroatoms. The summed E-state index contributed by atoms with van der Waals surface area (Å²) in [6.07, 6.45) is 5.32. The Bertz CT molecular complexity index is 504. The number of carbonyl (C=O) groups excluding carboxylic acids is 1. The van der Waals surface area contributed by atoms with Crippen molar-refractivity contribution in [2.75, 3.05) is 6.54 Å². The molecular formula is C17H23FN2O. The van der Waals surface area contributed by atoms with Crippen LogP contribution in [0, 0.1) is 5.82 Å². The lowest BCUT2D eigenvalue weighted by Gasteiger charge is -2.38. The number of hydrogen-bond acceptors (Lipinski definition) is 2. The molecule has 2 aliphatic rings. The summed E-state index contributed by atoms with van der Waals surface area (Å²) in [5.74, 6) is -0.0296. The number of benzene rings is 1. The molecule has 3 rings (SSSR count). The second kappa shape index (κ2) is 5.76. The van der Waals surface area contributed by atoms with Gasteiger partial charge in [-0.25, -0.2) is 4.39 Å². The zero-order valence-electron chi connectivity index (χ0n) is 12.6. The molecule has 114 valence electrons. The Morgan fingerprint density at radius 1 is 1.33 bits per heavy atom. The van der Waals surface area contributed by atoms with E-state index in [9.17, 15) is 9.18 Å². The molecular weight excluding hydrogens is 267 g/mol. The van der Waals surface area contributed by atoms with Gasteiger partial charge in [0.05, 0.1) is 5.54 Å². The fourth-order valence-corrected chi connectivity index (χ4v) is 3.10. The maximum Gasteiger partial charge on any atom is 0.243 e. The van der Waals surface area contributed by atoms with Crippen LogP contribution in [0.25, 0.3) is 0 Å². The molecule has 1 atom stereocenters. The Kier molecular flexibility index (Phi) is 3.98. The lowest BCUT2D eigenvalue weighted by atomic mass is 9.89.